The Morgan fingerprint density at radius 1 is 1.26 bits per heavy atom. The Balaban J connectivity index is 1.97. The summed E-state index contributed by atoms with van der Waals surface area (Å²) < 4.78 is 0. The quantitative estimate of drug-likeness (QED) is 0.711. The van der Waals surface area contributed by atoms with Crippen molar-refractivity contribution in [2.45, 2.75) is 18.9 Å². The van der Waals surface area contributed by atoms with E-state index in [0.29, 0.717) is 11.3 Å². The van der Waals surface area contributed by atoms with Gasteiger partial charge in [0.2, 0.25) is 0 Å². The Hall–Kier alpha value is -1.95. The normalized spacial score (nSPS) is 15.8. The molecule has 102 valence electrons. The minimum Gasteiger partial charge on any atom is -0.355 e. The first-order valence-corrected chi connectivity index (χ1v) is 6.40. The van der Waals surface area contributed by atoms with Crippen molar-refractivity contribution in [3.05, 3.63) is 29.6 Å². The minimum atomic E-state index is -0.210. The third-order valence-electron chi connectivity index (χ3n) is 3.16. The summed E-state index contributed by atoms with van der Waals surface area (Å²) in [5.74, 6) is -0.395. The van der Waals surface area contributed by atoms with Crippen LogP contribution in [0.25, 0.3) is 0 Å². The molecule has 0 atom stereocenters. The number of carbonyl (C=O) groups excluding carboxylic acids is 2. The standard InChI is InChI=1S/C13H18N4O2/c1-14-12(18)9-2-3-11(16-8-9)13(19)17-10-4-6-15-7-5-10/h2-3,8,10,15H,4-7H2,1H3,(H,14,18)(H,17,19). The average molecular weight is 262 g/mol. The van der Waals surface area contributed by atoms with Gasteiger partial charge >= 0.3 is 0 Å². The van der Waals surface area contributed by atoms with Crippen LogP contribution in [0.15, 0.2) is 18.3 Å². The number of pyridine rings is 1. The zero-order valence-corrected chi connectivity index (χ0v) is 10.9. The van der Waals surface area contributed by atoms with Crippen LogP contribution in [0.2, 0.25) is 0 Å². The number of piperidine rings is 1. The molecule has 6 heteroatoms. The zero-order valence-electron chi connectivity index (χ0n) is 10.9. The van der Waals surface area contributed by atoms with Crippen LogP contribution in [0.5, 0.6) is 0 Å². The van der Waals surface area contributed by atoms with Crippen LogP contribution in [0.1, 0.15) is 33.7 Å². The second-order valence-electron chi connectivity index (χ2n) is 4.51. The van der Waals surface area contributed by atoms with Gasteiger partial charge in [-0.3, -0.25) is 14.6 Å². The molecule has 2 amide bonds. The number of carbonyl (C=O) groups is 2. The Labute approximate surface area is 112 Å². The van der Waals surface area contributed by atoms with Crippen LogP contribution in [0, 0.1) is 0 Å². The van der Waals surface area contributed by atoms with Crippen molar-refractivity contribution in [2.24, 2.45) is 0 Å². The summed E-state index contributed by atoms with van der Waals surface area (Å²) in [6.07, 6.45) is 3.28. The SMILES string of the molecule is CNC(=O)c1ccc(C(=O)NC2CCNCC2)nc1. The lowest BCUT2D eigenvalue weighted by Gasteiger charge is -2.23. The smallest absolute Gasteiger partial charge is 0.270 e. The number of rotatable bonds is 3. The van der Waals surface area contributed by atoms with Gasteiger partial charge in [0.05, 0.1) is 5.56 Å². The van der Waals surface area contributed by atoms with E-state index < -0.39 is 0 Å². The van der Waals surface area contributed by atoms with Gasteiger partial charge in [0, 0.05) is 19.3 Å². The van der Waals surface area contributed by atoms with Gasteiger partial charge in [-0.05, 0) is 38.1 Å². The van der Waals surface area contributed by atoms with Gasteiger partial charge in [0.15, 0.2) is 0 Å². The van der Waals surface area contributed by atoms with E-state index in [-0.39, 0.29) is 17.9 Å². The van der Waals surface area contributed by atoms with Crippen LogP contribution in [0.3, 0.4) is 0 Å². The largest absolute Gasteiger partial charge is 0.355 e. The molecule has 3 N–H and O–H groups in total. The number of nitrogens with one attached hydrogen (secondary N) is 3. The Kier molecular flexibility index (Phi) is 4.46. The molecular formula is C13H18N4O2. The van der Waals surface area contributed by atoms with Crippen LogP contribution in [-0.4, -0.2) is 43.0 Å². The summed E-state index contributed by atoms with van der Waals surface area (Å²) in [6.45, 7) is 1.85. The third kappa shape index (κ3) is 3.51. The van der Waals surface area contributed by atoms with E-state index in [1.807, 2.05) is 0 Å². The molecule has 1 aromatic heterocycles. The first kappa shape index (κ1) is 13.5. The van der Waals surface area contributed by atoms with Gasteiger partial charge in [-0.15, -0.1) is 0 Å². The fourth-order valence-corrected chi connectivity index (χ4v) is 2.03. The lowest BCUT2D eigenvalue weighted by atomic mass is 10.1. The van der Waals surface area contributed by atoms with Crippen LogP contribution in [-0.2, 0) is 0 Å². The summed E-state index contributed by atoms with van der Waals surface area (Å²) in [4.78, 5) is 27.3. The Morgan fingerprint density at radius 3 is 2.58 bits per heavy atom. The van der Waals surface area contributed by atoms with Crippen molar-refractivity contribution in [2.75, 3.05) is 20.1 Å². The van der Waals surface area contributed by atoms with Crippen molar-refractivity contribution in [1.82, 2.24) is 20.9 Å². The van der Waals surface area contributed by atoms with Crippen molar-refractivity contribution in [3.8, 4) is 0 Å². The summed E-state index contributed by atoms with van der Waals surface area (Å²) >= 11 is 0. The molecule has 1 fully saturated rings. The third-order valence-corrected chi connectivity index (χ3v) is 3.16. The van der Waals surface area contributed by atoms with E-state index >= 15 is 0 Å². The molecule has 1 aromatic rings. The molecule has 0 saturated carbocycles. The van der Waals surface area contributed by atoms with E-state index in [4.69, 9.17) is 0 Å². The molecule has 2 heterocycles. The van der Waals surface area contributed by atoms with E-state index in [1.54, 1.807) is 19.2 Å². The number of amides is 2. The van der Waals surface area contributed by atoms with Gasteiger partial charge in [-0.2, -0.15) is 0 Å². The van der Waals surface area contributed by atoms with E-state index in [2.05, 4.69) is 20.9 Å². The molecule has 0 unspecified atom stereocenters. The highest BCUT2D eigenvalue weighted by Crippen LogP contribution is 2.05. The number of nitrogens with zero attached hydrogens (tertiary/aromatic N) is 1. The van der Waals surface area contributed by atoms with E-state index in [9.17, 15) is 9.59 Å². The Morgan fingerprint density at radius 2 is 2.00 bits per heavy atom. The van der Waals surface area contributed by atoms with Gasteiger partial charge in [-0.1, -0.05) is 0 Å². The number of hydrogen-bond acceptors (Lipinski definition) is 4. The average Bonchev–Trinajstić information content (AvgIpc) is 2.47. The molecule has 1 saturated heterocycles. The maximum absolute atomic E-state index is 12.0. The van der Waals surface area contributed by atoms with Crippen LogP contribution in [0.4, 0.5) is 0 Å². The first-order valence-electron chi connectivity index (χ1n) is 6.40. The second-order valence-corrected chi connectivity index (χ2v) is 4.51. The molecule has 0 radical (unpaired) electrons. The molecule has 1 aliphatic heterocycles. The Bertz CT molecular complexity index is 452. The lowest BCUT2D eigenvalue weighted by Crippen LogP contribution is -2.42. The van der Waals surface area contributed by atoms with Gasteiger partial charge in [-0.25, -0.2) is 0 Å². The summed E-state index contributed by atoms with van der Waals surface area (Å²) in [6, 6.07) is 3.37. The maximum atomic E-state index is 12.0. The molecular weight excluding hydrogens is 244 g/mol. The molecule has 0 aliphatic carbocycles. The van der Waals surface area contributed by atoms with Gasteiger partial charge in [0.25, 0.3) is 11.8 Å². The second kappa shape index (κ2) is 6.29. The monoisotopic (exact) mass is 262 g/mol. The topological polar surface area (TPSA) is 83.1 Å². The number of aromatic nitrogens is 1. The van der Waals surface area contributed by atoms with Crippen LogP contribution >= 0.6 is 0 Å². The highest BCUT2D eigenvalue weighted by Gasteiger charge is 2.17. The lowest BCUT2D eigenvalue weighted by molar-refractivity contribution is 0.0920. The summed E-state index contributed by atoms with van der Waals surface area (Å²) in [5, 5.41) is 8.71. The number of hydrogen-bond donors (Lipinski definition) is 3. The zero-order chi connectivity index (χ0) is 13.7. The fourth-order valence-electron chi connectivity index (χ4n) is 2.03. The van der Waals surface area contributed by atoms with E-state index in [1.165, 1.54) is 6.20 Å². The minimum absolute atomic E-state index is 0.185. The summed E-state index contributed by atoms with van der Waals surface area (Å²) in [7, 11) is 1.56. The van der Waals surface area contributed by atoms with Crippen molar-refractivity contribution < 1.29 is 9.59 Å². The molecule has 0 bridgehead atoms. The van der Waals surface area contributed by atoms with Gasteiger partial charge < -0.3 is 16.0 Å². The predicted octanol–water partition coefficient (Wildman–Crippen LogP) is -0.0770. The molecule has 0 spiro atoms. The van der Waals surface area contributed by atoms with E-state index in [0.717, 1.165) is 25.9 Å². The maximum Gasteiger partial charge on any atom is 0.270 e. The molecule has 19 heavy (non-hydrogen) atoms. The van der Waals surface area contributed by atoms with Crippen molar-refractivity contribution in [1.29, 1.82) is 0 Å². The first-order chi connectivity index (χ1) is 9.20. The van der Waals surface area contributed by atoms with Crippen LogP contribution < -0.4 is 16.0 Å². The summed E-state index contributed by atoms with van der Waals surface area (Å²) in [5.41, 5.74) is 0.784. The predicted molar refractivity (Wildman–Crippen MR) is 71.0 cm³/mol. The molecule has 0 aromatic carbocycles. The highest BCUT2D eigenvalue weighted by atomic mass is 16.2. The fraction of sp³-hybridized carbons (Fsp3) is 0.462. The van der Waals surface area contributed by atoms with Gasteiger partial charge in [0.1, 0.15) is 5.69 Å². The molecule has 2 rings (SSSR count). The molecule has 1 aliphatic rings. The van der Waals surface area contributed by atoms with Crippen molar-refractivity contribution >= 4 is 11.8 Å². The molecule has 6 nitrogen and oxygen atoms in total. The van der Waals surface area contributed by atoms with Crippen molar-refractivity contribution in [3.63, 3.8) is 0 Å². The highest BCUT2D eigenvalue weighted by molar-refractivity contribution is 5.96.